The fourth-order valence-corrected chi connectivity index (χ4v) is 6.56. The molecule has 0 aliphatic rings. The van der Waals surface area contributed by atoms with Crippen LogP contribution in [0.1, 0.15) is 155 Å². The van der Waals surface area contributed by atoms with Crippen LogP contribution >= 0.6 is 7.82 Å². The smallest absolute Gasteiger partial charge is 0.306 e. The van der Waals surface area contributed by atoms with E-state index in [9.17, 15) is 14.3 Å². The van der Waals surface area contributed by atoms with Crippen LogP contribution in [-0.2, 0) is 27.9 Å². The van der Waals surface area contributed by atoms with Crippen molar-refractivity contribution in [2.45, 2.75) is 161 Å². The third kappa shape index (κ3) is 49.8. The molecule has 0 amide bonds. The van der Waals surface area contributed by atoms with Crippen molar-refractivity contribution in [3.63, 3.8) is 0 Å². The van der Waals surface area contributed by atoms with Gasteiger partial charge in [-0.1, -0.05) is 167 Å². The summed E-state index contributed by atoms with van der Waals surface area (Å²) in [6.45, 7) is 5.06. The molecule has 0 bridgehead atoms. The quantitative estimate of drug-likeness (QED) is 0.0198. The monoisotopic (exact) mass is 896 g/mol. The molecule has 2 unspecified atom stereocenters. The van der Waals surface area contributed by atoms with E-state index in [-0.39, 0.29) is 32.2 Å². The maximum absolute atomic E-state index is 12.7. The molecule has 0 saturated heterocycles. The average Bonchev–Trinajstić information content (AvgIpc) is 3.24. The van der Waals surface area contributed by atoms with Crippen LogP contribution in [0, 0.1) is 0 Å². The Morgan fingerprint density at radius 2 is 0.873 bits per heavy atom. The second-order valence-electron chi connectivity index (χ2n) is 16.7. The SMILES string of the molecule is CC/C=C\C/C=C\C/C=C\C/C=C\C/C=C\C/C=C\CCCCCCC(=O)OC(COCCCCCCC/C=C\C/C=C\C/C=C\C/C=C\CC)COP(=O)([O-])OCC[N+](C)(C)C. The Hall–Kier alpha value is -3.10. The Labute approximate surface area is 386 Å². The van der Waals surface area contributed by atoms with Crippen LogP contribution in [0.15, 0.2) is 122 Å². The zero-order valence-corrected chi connectivity index (χ0v) is 41.4. The number of allylic oxidation sites excluding steroid dienone is 20. The third-order valence-corrected chi connectivity index (χ3v) is 10.5. The largest absolute Gasteiger partial charge is 0.756 e. The molecular formula is C54H90NO7P. The van der Waals surface area contributed by atoms with Gasteiger partial charge in [-0.2, -0.15) is 0 Å². The van der Waals surface area contributed by atoms with Crippen molar-refractivity contribution in [1.82, 2.24) is 0 Å². The summed E-state index contributed by atoms with van der Waals surface area (Å²) in [7, 11) is 1.30. The number of esters is 1. The van der Waals surface area contributed by atoms with Gasteiger partial charge in [0, 0.05) is 13.0 Å². The van der Waals surface area contributed by atoms with E-state index < -0.39 is 13.9 Å². The molecule has 0 radical (unpaired) electrons. The lowest BCUT2D eigenvalue weighted by Gasteiger charge is -2.28. The average molecular weight is 896 g/mol. The van der Waals surface area contributed by atoms with E-state index in [0.29, 0.717) is 24.1 Å². The number of phosphoric acid groups is 1. The number of rotatable bonds is 43. The summed E-state index contributed by atoms with van der Waals surface area (Å²) < 4.78 is 34.6. The second-order valence-corrected chi connectivity index (χ2v) is 18.1. The van der Waals surface area contributed by atoms with E-state index in [1.165, 1.54) is 12.8 Å². The van der Waals surface area contributed by atoms with Crippen molar-refractivity contribution in [3.05, 3.63) is 122 Å². The first kappa shape index (κ1) is 59.9. The van der Waals surface area contributed by atoms with E-state index in [0.717, 1.165) is 116 Å². The number of quaternary nitrogens is 1. The van der Waals surface area contributed by atoms with Gasteiger partial charge in [-0.25, -0.2) is 0 Å². The molecule has 358 valence electrons. The van der Waals surface area contributed by atoms with Gasteiger partial charge in [-0.15, -0.1) is 0 Å². The summed E-state index contributed by atoms with van der Waals surface area (Å²) in [4.78, 5) is 25.1. The highest BCUT2D eigenvalue weighted by Crippen LogP contribution is 2.38. The zero-order valence-electron chi connectivity index (χ0n) is 40.5. The Bertz CT molecular complexity index is 1410. The lowest BCUT2D eigenvalue weighted by molar-refractivity contribution is -0.870. The number of likely N-dealkylation sites (N-methyl/N-ethyl adjacent to an activating group) is 1. The minimum atomic E-state index is -4.55. The predicted octanol–water partition coefficient (Wildman–Crippen LogP) is 14.3. The lowest BCUT2D eigenvalue weighted by Crippen LogP contribution is -2.37. The molecule has 9 heteroatoms. The first-order chi connectivity index (χ1) is 30.6. The number of carbonyl (C=O) groups excluding carboxylic acids is 1. The van der Waals surface area contributed by atoms with E-state index >= 15 is 0 Å². The number of nitrogens with zero attached hydrogens (tertiary/aromatic N) is 1. The molecule has 0 aromatic carbocycles. The standard InChI is InChI=1S/C54H90NO7P/c1-6-8-10-12-14-16-18-20-22-24-26-27-28-29-30-31-33-35-37-39-41-43-45-47-54(56)62-53(52-61-63(57,58)60-50-48-55(3,4)5)51-59-49-46-44-42-40-38-36-34-32-25-23-21-19-17-15-13-11-9-7-2/h8-11,14-17,20-23,26-27,29-30,32-35,53H,6-7,12-13,18-19,24-25,28,31,36-52H2,1-5H3/b10-8-,11-9-,16-14-,17-15-,22-20-,23-21-,27-26-,30-29-,34-32-,35-33-. The molecule has 63 heavy (non-hydrogen) atoms. The molecule has 0 spiro atoms. The number of phosphoric ester groups is 1. The van der Waals surface area contributed by atoms with Gasteiger partial charge in [-0.3, -0.25) is 9.36 Å². The highest BCUT2D eigenvalue weighted by molar-refractivity contribution is 7.45. The summed E-state index contributed by atoms with van der Waals surface area (Å²) >= 11 is 0. The van der Waals surface area contributed by atoms with Gasteiger partial charge in [0.1, 0.15) is 19.3 Å². The first-order valence-corrected chi connectivity index (χ1v) is 25.7. The van der Waals surface area contributed by atoms with Crippen LogP contribution in [0.3, 0.4) is 0 Å². The lowest BCUT2D eigenvalue weighted by atomic mass is 10.1. The highest BCUT2D eigenvalue weighted by atomic mass is 31.2. The number of hydrogen-bond donors (Lipinski definition) is 0. The van der Waals surface area contributed by atoms with Gasteiger partial charge in [0.25, 0.3) is 7.82 Å². The fourth-order valence-electron chi connectivity index (χ4n) is 5.83. The Kier molecular flexibility index (Phi) is 43.2. The summed E-state index contributed by atoms with van der Waals surface area (Å²) in [6, 6.07) is 0. The molecule has 0 N–H and O–H groups in total. The van der Waals surface area contributed by atoms with Gasteiger partial charge in [0.15, 0.2) is 0 Å². The Morgan fingerprint density at radius 3 is 1.30 bits per heavy atom. The number of ether oxygens (including phenoxy) is 2. The van der Waals surface area contributed by atoms with Crippen LogP contribution in [0.5, 0.6) is 0 Å². The fraction of sp³-hybridized carbons (Fsp3) is 0.611. The van der Waals surface area contributed by atoms with Crippen molar-refractivity contribution < 1.29 is 37.3 Å². The minimum absolute atomic E-state index is 0.00870. The molecule has 0 aromatic rings. The number of carbonyl (C=O) groups is 1. The molecule has 0 saturated carbocycles. The van der Waals surface area contributed by atoms with Crippen LogP contribution < -0.4 is 4.89 Å². The van der Waals surface area contributed by atoms with E-state index in [1.54, 1.807) is 0 Å². The van der Waals surface area contributed by atoms with E-state index in [2.05, 4.69) is 135 Å². The molecule has 0 rings (SSSR count). The van der Waals surface area contributed by atoms with Crippen molar-refractivity contribution >= 4 is 13.8 Å². The molecule has 0 aromatic heterocycles. The van der Waals surface area contributed by atoms with E-state index in [4.69, 9.17) is 18.5 Å². The minimum Gasteiger partial charge on any atom is -0.756 e. The van der Waals surface area contributed by atoms with Gasteiger partial charge < -0.3 is 27.9 Å². The van der Waals surface area contributed by atoms with Crippen molar-refractivity contribution in [3.8, 4) is 0 Å². The normalized spacial score (nSPS) is 14.7. The summed E-state index contributed by atoms with van der Waals surface area (Å²) in [5.74, 6) is -0.371. The van der Waals surface area contributed by atoms with Crippen LogP contribution in [0.25, 0.3) is 0 Å². The summed E-state index contributed by atoms with van der Waals surface area (Å²) in [6.07, 6.45) is 65.0. The van der Waals surface area contributed by atoms with Gasteiger partial charge in [0.2, 0.25) is 0 Å². The molecule has 0 fully saturated rings. The number of hydrogen-bond acceptors (Lipinski definition) is 7. The summed E-state index contributed by atoms with van der Waals surface area (Å²) in [5.41, 5.74) is 0. The van der Waals surface area contributed by atoms with Gasteiger partial charge in [-0.05, 0) is 103 Å². The molecule has 0 aliphatic carbocycles. The Balaban J connectivity index is 4.32. The van der Waals surface area contributed by atoms with Crippen molar-refractivity contribution in [1.29, 1.82) is 0 Å². The maximum Gasteiger partial charge on any atom is 0.306 e. The van der Waals surface area contributed by atoms with Crippen molar-refractivity contribution in [2.24, 2.45) is 0 Å². The number of unbranched alkanes of at least 4 members (excludes halogenated alkanes) is 9. The topological polar surface area (TPSA) is 94.1 Å². The van der Waals surface area contributed by atoms with E-state index in [1.807, 2.05) is 21.1 Å². The maximum atomic E-state index is 12.7. The Morgan fingerprint density at radius 1 is 0.492 bits per heavy atom. The summed E-state index contributed by atoms with van der Waals surface area (Å²) in [5, 5.41) is 0. The van der Waals surface area contributed by atoms with Crippen LogP contribution in [-0.4, -0.2) is 70.7 Å². The molecule has 0 heterocycles. The molecular weight excluding hydrogens is 806 g/mol. The van der Waals surface area contributed by atoms with Gasteiger partial charge >= 0.3 is 5.97 Å². The zero-order chi connectivity index (χ0) is 46.2. The second kappa shape index (κ2) is 45.5. The molecule has 8 nitrogen and oxygen atoms in total. The third-order valence-electron chi connectivity index (χ3n) is 9.51. The molecule has 2 atom stereocenters. The van der Waals surface area contributed by atoms with Crippen LogP contribution in [0.4, 0.5) is 0 Å². The predicted molar refractivity (Wildman–Crippen MR) is 267 cm³/mol. The first-order valence-electron chi connectivity index (χ1n) is 24.3. The van der Waals surface area contributed by atoms with Crippen molar-refractivity contribution in [2.75, 3.05) is 54.1 Å². The van der Waals surface area contributed by atoms with Gasteiger partial charge in [0.05, 0.1) is 34.4 Å². The molecule has 0 aliphatic heterocycles. The highest BCUT2D eigenvalue weighted by Gasteiger charge is 2.20. The van der Waals surface area contributed by atoms with Crippen LogP contribution in [0.2, 0.25) is 0 Å².